The minimum atomic E-state index is 0.760. The molecule has 0 aliphatic rings. The van der Waals surface area contributed by atoms with Gasteiger partial charge in [0, 0.05) is 28.9 Å². The smallest absolute Gasteiger partial charge is 0.159 e. The number of para-hydroxylation sites is 1. The van der Waals surface area contributed by atoms with Gasteiger partial charge in [-0.3, -0.25) is 0 Å². The van der Waals surface area contributed by atoms with Gasteiger partial charge in [-0.1, -0.05) is 18.2 Å². The van der Waals surface area contributed by atoms with Crippen molar-refractivity contribution in [1.82, 2.24) is 9.97 Å². The normalized spacial score (nSPS) is 10.5. The number of nitrogens with zero attached hydrogens (tertiary/aromatic N) is 2. The molecule has 1 aromatic carbocycles. The van der Waals surface area contributed by atoms with Gasteiger partial charge < -0.3 is 4.74 Å². The molecule has 0 saturated carbocycles. The van der Waals surface area contributed by atoms with Gasteiger partial charge in [-0.2, -0.15) is 0 Å². The number of pyridine rings is 2. The van der Waals surface area contributed by atoms with Gasteiger partial charge in [-0.15, -0.1) is 0 Å². The molecule has 3 rings (SSSR count). The molecule has 0 unspecified atom stereocenters. The molecule has 0 fully saturated rings. The van der Waals surface area contributed by atoms with Gasteiger partial charge in [0.15, 0.2) is 5.65 Å². The molecule has 0 aliphatic carbocycles. The molecule has 88 valence electrons. The van der Waals surface area contributed by atoms with E-state index in [-0.39, 0.29) is 0 Å². The summed E-state index contributed by atoms with van der Waals surface area (Å²) in [5, 5.41) is 1.03. The largest absolute Gasteiger partial charge is 0.496 e. The Morgan fingerprint density at radius 3 is 2.78 bits per heavy atom. The SMILES string of the molecule is COc1ccccc1-c1cnc2ncccc2c1. The summed E-state index contributed by atoms with van der Waals surface area (Å²) in [6, 6.07) is 13.9. The molecule has 0 bridgehead atoms. The Labute approximate surface area is 105 Å². The van der Waals surface area contributed by atoms with Gasteiger partial charge >= 0.3 is 0 Å². The van der Waals surface area contributed by atoms with E-state index in [4.69, 9.17) is 4.74 Å². The lowest BCUT2D eigenvalue weighted by Gasteiger charge is -2.08. The Kier molecular flexibility index (Phi) is 2.65. The van der Waals surface area contributed by atoms with E-state index in [1.54, 1.807) is 13.3 Å². The summed E-state index contributed by atoms with van der Waals surface area (Å²) in [6.45, 7) is 0. The number of ether oxygens (including phenoxy) is 1. The zero-order valence-electron chi connectivity index (χ0n) is 10.00. The average molecular weight is 236 g/mol. The van der Waals surface area contributed by atoms with Crippen molar-refractivity contribution in [2.24, 2.45) is 0 Å². The van der Waals surface area contributed by atoms with E-state index in [0.717, 1.165) is 27.9 Å². The summed E-state index contributed by atoms with van der Waals surface area (Å²) in [5.41, 5.74) is 2.84. The predicted molar refractivity (Wildman–Crippen MR) is 71.5 cm³/mol. The van der Waals surface area contributed by atoms with Crippen molar-refractivity contribution in [1.29, 1.82) is 0 Å². The zero-order chi connectivity index (χ0) is 12.4. The third kappa shape index (κ3) is 1.80. The molecule has 18 heavy (non-hydrogen) atoms. The van der Waals surface area contributed by atoms with Gasteiger partial charge in [0.05, 0.1) is 7.11 Å². The number of benzene rings is 1. The second-order valence-corrected chi connectivity index (χ2v) is 3.97. The highest BCUT2D eigenvalue weighted by Gasteiger charge is 2.06. The third-order valence-electron chi connectivity index (χ3n) is 2.87. The first-order valence-electron chi connectivity index (χ1n) is 5.72. The van der Waals surface area contributed by atoms with E-state index in [0.29, 0.717) is 0 Å². The van der Waals surface area contributed by atoms with E-state index in [2.05, 4.69) is 16.0 Å². The lowest BCUT2D eigenvalue weighted by Crippen LogP contribution is -1.89. The highest BCUT2D eigenvalue weighted by Crippen LogP contribution is 2.30. The van der Waals surface area contributed by atoms with Crippen LogP contribution in [0.25, 0.3) is 22.2 Å². The zero-order valence-corrected chi connectivity index (χ0v) is 10.00. The van der Waals surface area contributed by atoms with Gasteiger partial charge in [-0.05, 0) is 24.3 Å². The van der Waals surface area contributed by atoms with Gasteiger partial charge in [0.1, 0.15) is 5.75 Å². The van der Waals surface area contributed by atoms with Crippen LogP contribution in [0.5, 0.6) is 5.75 Å². The summed E-state index contributed by atoms with van der Waals surface area (Å²) in [6.07, 6.45) is 3.57. The van der Waals surface area contributed by atoms with Gasteiger partial charge in [0.2, 0.25) is 0 Å². The topological polar surface area (TPSA) is 35.0 Å². The standard InChI is InChI=1S/C15H12N2O/c1-18-14-7-3-2-6-13(14)12-9-11-5-4-8-16-15(11)17-10-12/h2-10H,1H3. The van der Waals surface area contributed by atoms with Crippen molar-refractivity contribution in [3.8, 4) is 16.9 Å². The molecule has 0 saturated heterocycles. The van der Waals surface area contributed by atoms with Gasteiger partial charge in [-0.25, -0.2) is 9.97 Å². The van der Waals surface area contributed by atoms with Crippen molar-refractivity contribution in [2.75, 3.05) is 7.11 Å². The number of methoxy groups -OCH3 is 1. The number of hydrogen-bond donors (Lipinski definition) is 0. The molecule has 0 amide bonds. The van der Waals surface area contributed by atoms with Crippen molar-refractivity contribution < 1.29 is 4.74 Å². The van der Waals surface area contributed by atoms with Crippen molar-refractivity contribution in [3.63, 3.8) is 0 Å². The van der Waals surface area contributed by atoms with Crippen LogP contribution in [-0.2, 0) is 0 Å². The van der Waals surface area contributed by atoms with Crippen molar-refractivity contribution in [3.05, 3.63) is 54.9 Å². The molecule has 3 nitrogen and oxygen atoms in total. The predicted octanol–water partition coefficient (Wildman–Crippen LogP) is 3.31. The highest BCUT2D eigenvalue weighted by atomic mass is 16.5. The second kappa shape index (κ2) is 4.45. The summed E-state index contributed by atoms with van der Waals surface area (Å²) in [7, 11) is 1.68. The maximum absolute atomic E-state index is 5.37. The van der Waals surface area contributed by atoms with Crippen LogP contribution >= 0.6 is 0 Å². The number of fused-ring (bicyclic) bond motifs is 1. The van der Waals surface area contributed by atoms with Crippen LogP contribution in [0.15, 0.2) is 54.9 Å². The van der Waals surface area contributed by atoms with Crippen LogP contribution in [0.2, 0.25) is 0 Å². The van der Waals surface area contributed by atoms with E-state index in [9.17, 15) is 0 Å². The second-order valence-electron chi connectivity index (χ2n) is 3.97. The lowest BCUT2D eigenvalue weighted by atomic mass is 10.1. The molecule has 0 atom stereocenters. The quantitative estimate of drug-likeness (QED) is 0.684. The maximum Gasteiger partial charge on any atom is 0.159 e. The fraction of sp³-hybridized carbons (Fsp3) is 0.0667. The summed E-state index contributed by atoms with van der Waals surface area (Å²) >= 11 is 0. The van der Waals surface area contributed by atoms with Crippen LogP contribution < -0.4 is 4.74 Å². The molecule has 0 aliphatic heterocycles. The Morgan fingerprint density at radius 2 is 1.89 bits per heavy atom. The van der Waals surface area contributed by atoms with Crippen molar-refractivity contribution in [2.45, 2.75) is 0 Å². The minimum absolute atomic E-state index is 0.760. The Morgan fingerprint density at radius 1 is 1.00 bits per heavy atom. The number of rotatable bonds is 2. The molecule has 3 heteroatoms. The molecule has 3 aromatic rings. The summed E-state index contributed by atoms with van der Waals surface area (Å²) < 4.78 is 5.37. The number of hydrogen-bond acceptors (Lipinski definition) is 3. The Balaban J connectivity index is 2.19. The molecule has 0 radical (unpaired) electrons. The van der Waals surface area contributed by atoms with E-state index >= 15 is 0 Å². The first-order valence-corrected chi connectivity index (χ1v) is 5.72. The number of aromatic nitrogens is 2. The van der Waals surface area contributed by atoms with E-state index in [1.807, 2.05) is 42.6 Å². The molecular weight excluding hydrogens is 224 g/mol. The lowest BCUT2D eigenvalue weighted by molar-refractivity contribution is 0.416. The van der Waals surface area contributed by atoms with Crippen LogP contribution in [0, 0.1) is 0 Å². The van der Waals surface area contributed by atoms with E-state index in [1.165, 1.54) is 0 Å². The molecule has 2 heterocycles. The molecule has 0 spiro atoms. The van der Waals surface area contributed by atoms with Crippen LogP contribution in [0.3, 0.4) is 0 Å². The minimum Gasteiger partial charge on any atom is -0.496 e. The van der Waals surface area contributed by atoms with Gasteiger partial charge in [0.25, 0.3) is 0 Å². The Bertz CT molecular complexity index is 695. The van der Waals surface area contributed by atoms with Crippen LogP contribution in [-0.4, -0.2) is 17.1 Å². The van der Waals surface area contributed by atoms with Crippen LogP contribution in [0.1, 0.15) is 0 Å². The molecule has 2 aromatic heterocycles. The fourth-order valence-electron chi connectivity index (χ4n) is 2.00. The summed E-state index contributed by atoms with van der Waals surface area (Å²) in [5.74, 6) is 0.850. The average Bonchev–Trinajstić information content (AvgIpc) is 2.46. The van der Waals surface area contributed by atoms with Crippen molar-refractivity contribution >= 4 is 11.0 Å². The molecule has 0 N–H and O–H groups in total. The Hall–Kier alpha value is -2.42. The third-order valence-corrected chi connectivity index (χ3v) is 2.87. The maximum atomic E-state index is 5.37. The van der Waals surface area contributed by atoms with E-state index < -0.39 is 0 Å². The molecular formula is C15H12N2O. The first kappa shape index (κ1) is 10.7. The fourth-order valence-corrected chi connectivity index (χ4v) is 2.00. The monoisotopic (exact) mass is 236 g/mol. The summed E-state index contributed by atoms with van der Waals surface area (Å²) in [4.78, 5) is 8.58. The highest BCUT2D eigenvalue weighted by molar-refractivity contribution is 5.82. The van der Waals surface area contributed by atoms with Crippen LogP contribution in [0.4, 0.5) is 0 Å². The first-order chi connectivity index (χ1) is 8.88.